The number of aromatic nitrogens is 2. The zero-order valence-corrected chi connectivity index (χ0v) is 12.5. The first-order valence-electron chi connectivity index (χ1n) is 7.01. The number of non-ortho nitro benzene ring substituents is 1. The summed E-state index contributed by atoms with van der Waals surface area (Å²) in [5.41, 5.74) is 1.10. The summed E-state index contributed by atoms with van der Waals surface area (Å²) < 4.78 is 5.58. The minimum absolute atomic E-state index is 0.0203. The molecule has 1 N–H and O–H groups in total. The Kier molecular flexibility index (Phi) is 5.24. The van der Waals surface area contributed by atoms with Crippen molar-refractivity contribution in [2.45, 2.75) is 26.4 Å². The van der Waals surface area contributed by atoms with Crippen LogP contribution in [0.5, 0.6) is 5.88 Å². The first-order valence-corrected chi connectivity index (χ1v) is 7.01. The standard InChI is InChI=1S/C15H18N4O3/c1-11(2)22-15-14(17-9-10-18-15)16-8-7-12-3-5-13(6-4-12)19(20)21/h3-6,9-11H,7-8H2,1-2H3,(H,16,17). The van der Waals surface area contributed by atoms with Gasteiger partial charge in [-0.05, 0) is 25.8 Å². The minimum Gasteiger partial charge on any atom is -0.472 e. The molecule has 0 unspecified atom stereocenters. The Morgan fingerprint density at radius 1 is 1.23 bits per heavy atom. The molecule has 0 aliphatic carbocycles. The van der Waals surface area contributed by atoms with Gasteiger partial charge in [0, 0.05) is 31.1 Å². The third kappa shape index (κ3) is 4.41. The van der Waals surface area contributed by atoms with Gasteiger partial charge in [-0.15, -0.1) is 0 Å². The van der Waals surface area contributed by atoms with Crippen molar-refractivity contribution < 1.29 is 9.66 Å². The van der Waals surface area contributed by atoms with E-state index >= 15 is 0 Å². The Morgan fingerprint density at radius 2 is 1.91 bits per heavy atom. The number of rotatable bonds is 7. The molecule has 0 aliphatic heterocycles. The van der Waals surface area contributed by atoms with Crippen LogP contribution in [0.3, 0.4) is 0 Å². The topological polar surface area (TPSA) is 90.2 Å². The van der Waals surface area contributed by atoms with Crippen LogP contribution in [0.15, 0.2) is 36.7 Å². The van der Waals surface area contributed by atoms with Gasteiger partial charge in [-0.25, -0.2) is 9.97 Å². The smallest absolute Gasteiger partial charge is 0.269 e. The number of benzene rings is 1. The molecule has 1 aromatic carbocycles. The van der Waals surface area contributed by atoms with Crippen LogP contribution in [0, 0.1) is 10.1 Å². The lowest BCUT2D eigenvalue weighted by Crippen LogP contribution is -2.12. The van der Waals surface area contributed by atoms with Gasteiger partial charge in [0.2, 0.25) is 0 Å². The number of anilines is 1. The van der Waals surface area contributed by atoms with Crippen molar-refractivity contribution in [2.24, 2.45) is 0 Å². The Labute approximate surface area is 128 Å². The molecule has 0 saturated heterocycles. The van der Waals surface area contributed by atoms with E-state index < -0.39 is 4.92 Å². The second-order valence-corrected chi connectivity index (χ2v) is 4.98. The van der Waals surface area contributed by atoms with Crippen molar-refractivity contribution in [3.8, 4) is 5.88 Å². The third-order valence-corrected chi connectivity index (χ3v) is 2.87. The Morgan fingerprint density at radius 3 is 2.55 bits per heavy atom. The fourth-order valence-electron chi connectivity index (χ4n) is 1.87. The predicted octanol–water partition coefficient (Wildman–Crippen LogP) is 2.83. The van der Waals surface area contributed by atoms with Crippen LogP contribution in [-0.2, 0) is 6.42 Å². The maximum absolute atomic E-state index is 10.6. The minimum atomic E-state index is -0.406. The average Bonchev–Trinajstić information content (AvgIpc) is 2.49. The van der Waals surface area contributed by atoms with Crippen LogP contribution < -0.4 is 10.1 Å². The van der Waals surface area contributed by atoms with Gasteiger partial charge in [-0.1, -0.05) is 12.1 Å². The summed E-state index contributed by atoms with van der Waals surface area (Å²) in [6.07, 6.45) is 3.92. The van der Waals surface area contributed by atoms with Crippen molar-refractivity contribution in [2.75, 3.05) is 11.9 Å². The van der Waals surface area contributed by atoms with Crippen LogP contribution in [0.4, 0.5) is 11.5 Å². The highest BCUT2D eigenvalue weighted by Gasteiger charge is 2.08. The van der Waals surface area contributed by atoms with Crippen molar-refractivity contribution in [1.29, 1.82) is 0 Å². The number of ether oxygens (including phenoxy) is 1. The molecule has 1 aromatic heterocycles. The molecular weight excluding hydrogens is 284 g/mol. The number of nitrogens with zero attached hydrogens (tertiary/aromatic N) is 3. The predicted molar refractivity (Wildman–Crippen MR) is 83.1 cm³/mol. The molecule has 2 aromatic rings. The summed E-state index contributed by atoms with van der Waals surface area (Å²) in [7, 11) is 0. The van der Waals surface area contributed by atoms with E-state index in [1.165, 1.54) is 12.1 Å². The van der Waals surface area contributed by atoms with E-state index in [-0.39, 0.29) is 11.8 Å². The lowest BCUT2D eigenvalue weighted by Gasteiger charge is -2.13. The number of nitro groups is 1. The van der Waals surface area contributed by atoms with Gasteiger partial charge >= 0.3 is 0 Å². The van der Waals surface area contributed by atoms with Crippen LogP contribution in [0.1, 0.15) is 19.4 Å². The quantitative estimate of drug-likeness (QED) is 0.624. The lowest BCUT2D eigenvalue weighted by molar-refractivity contribution is -0.384. The summed E-state index contributed by atoms with van der Waals surface area (Å²) in [6, 6.07) is 6.51. The van der Waals surface area contributed by atoms with E-state index in [1.54, 1.807) is 24.5 Å². The van der Waals surface area contributed by atoms with Crippen LogP contribution >= 0.6 is 0 Å². The maximum atomic E-state index is 10.6. The lowest BCUT2D eigenvalue weighted by atomic mass is 10.1. The van der Waals surface area contributed by atoms with Crippen LogP contribution in [0.2, 0.25) is 0 Å². The van der Waals surface area contributed by atoms with E-state index in [1.807, 2.05) is 13.8 Å². The van der Waals surface area contributed by atoms with Crippen molar-refractivity contribution in [3.63, 3.8) is 0 Å². The Bertz CT molecular complexity index is 629. The highest BCUT2D eigenvalue weighted by atomic mass is 16.6. The molecule has 0 atom stereocenters. The monoisotopic (exact) mass is 302 g/mol. The molecule has 7 nitrogen and oxygen atoms in total. The molecule has 0 bridgehead atoms. The first-order chi connectivity index (χ1) is 10.6. The van der Waals surface area contributed by atoms with E-state index in [2.05, 4.69) is 15.3 Å². The number of hydrogen-bond acceptors (Lipinski definition) is 6. The Hall–Kier alpha value is -2.70. The molecule has 0 fully saturated rings. The summed E-state index contributed by atoms with van der Waals surface area (Å²) in [5, 5.41) is 13.8. The van der Waals surface area contributed by atoms with Gasteiger partial charge in [0.05, 0.1) is 11.0 Å². The van der Waals surface area contributed by atoms with Gasteiger partial charge in [0.1, 0.15) is 0 Å². The zero-order valence-electron chi connectivity index (χ0n) is 12.5. The molecule has 2 rings (SSSR count). The normalized spacial score (nSPS) is 10.5. The van der Waals surface area contributed by atoms with Crippen LogP contribution in [-0.4, -0.2) is 27.5 Å². The van der Waals surface area contributed by atoms with E-state index in [4.69, 9.17) is 4.74 Å². The molecule has 0 spiro atoms. The average molecular weight is 302 g/mol. The highest BCUT2D eigenvalue weighted by molar-refractivity contribution is 5.44. The molecule has 7 heteroatoms. The highest BCUT2D eigenvalue weighted by Crippen LogP contribution is 2.19. The van der Waals surface area contributed by atoms with Crippen LogP contribution in [0.25, 0.3) is 0 Å². The molecule has 116 valence electrons. The molecule has 0 aliphatic rings. The summed E-state index contributed by atoms with van der Waals surface area (Å²) in [6.45, 7) is 4.48. The number of hydrogen-bond donors (Lipinski definition) is 1. The van der Waals surface area contributed by atoms with E-state index in [0.717, 1.165) is 12.0 Å². The third-order valence-electron chi connectivity index (χ3n) is 2.87. The van der Waals surface area contributed by atoms with Gasteiger partial charge in [-0.3, -0.25) is 10.1 Å². The Balaban J connectivity index is 1.92. The second kappa shape index (κ2) is 7.35. The van der Waals surface area contributed by atoms with Crippen molar-refractivity contribution >= 4 is 11.5 Å². The van der Waals surface area contributed by atoms with Crippen molar-refractivity contribution in [1.82, 2.24) is 9.97 Å². The van der Waals surface area contributed by atoms with Gasteiger partial charge in [0.25, 0.3) is 11.6 Å². The van der Waals surface area contributed by atoms with Gasteiger partial charge in [-0.2, -0.15) is 0 Å². The molecule has 0 radical (unpaired) electrons. The fourth-order valence-corrected chi connectivity index (χ4v) is 1.87. The SMILES string of the molecule is CC(C)Oc1nccnc1NCCc1ccc([N+](=O)[O-])cc1. The summed E-state index contributed by atoms with van der Waals surface area (Å²) in [5.74, 6) is 1.07. The molecule has 0 saturated carbocycles. The molecule has 0 amide bonds. The fraction of sp³-hybridized carbons (Fsp3) is 0.333. The molecule has 1 heterocycles. The number of nitrogens with one attached hydrogen (secondary N) is 1. The van der Waals surface area contributed by atoms with Gasteiger partial charge < -0.3 is 10.1 Å². The molecular formula is C15H18N4O3. The zero-order chi connectivity index (χ0) is 15.9. The van der Waals surface area contributed by atoms with E-state index in [9.17, 15) is 10.1 Å². The largest absolute Gasteiger partial charge is 0.472 e. The second-order valence-electron chi connectivity index (χ2n) is 4.98. The first kappa shape index (κ1) is 15.7. The summed E-state index contributed by atoms with van der Waals surface area (Å²) >= 11 is 0. The maximum Gasteiger partial charge on any atom is 0.269 e. The summed E-state index contributed by atoms with van der Waals surface area (Å²) in [4.78, 5) is 18.6. The van der Waals surface area contributed by atoms with E-state index in [0.29, 0.717) is 18.2 Å². The van der Waals surface area contributed by atoms with Gasteiger partial charge in [0.15, 0.2) is 5.82 Å². The molecule has 22 heavy (non-hydrogen) atoms. The number of nitro benzene ring substituents is 1. The van der Waals surface area contributed by atoms with Crippen molar-refractivity contribution in [3.05, 3.63) is 52.3 Å².